The van der Waals surface area contributed by atoms with Crippen molar-refractivity contribution in [3.05, 3.63) is 59.9 Å². The van der Waals surface area contributed by atoms with Crippen molar-refractivity contribution in [3.8, 4) is 5.75 Å². The molecule has 5 nitrogen and oxygen atoms in total. The summed E-state index contributed by atoms with van der Waals surface area (Å²) < 4.78 is 18.2. The van der Waals surface area contributed by atoms with Crippen LogP contribution >= 0.6 is 0 Å². The smallest absolute Gasteiger partial charge is 0.227 e. The number of methoxy groups -OCH3 is 1. The van der Waals surface area contributed by atoms with Crippen LogP contribution in [0.1, 0.15) is 31.2 Å². The number of amides is 2. The van der Waals surface area contributed by atoms with Crippen molar-refractivity contribution in [2.45, 2.75) is 32.1 Å². The highest BCUT2D eigenvalue weighted by molar-refractivity contribution is 5.92. The van der Waals surface area contributed by atoms with E-state index in [1.165, 1.54) is 12.1 Å². The van der Waals surface area contributed by atoms with E-state index in [1.54, 1.807) is 19.2 Å². The summed E-state index contributed by atoms with van der Waals surface area (Å²) in [5.41, 5.74) is 1.71. The average molecular weight is 398 g/mol. The molecule has 2 amide bonds. The van der Waals surface area contributed by atoms with Crippen LogP contribution in [0.25, 0.3) is 0 Å². The topological polar surface area (TPSA) is 67.4 Å². The summed E-state index contributed by atoms with van der Waals surface area (Å²) in [6, 6.07) is 13.6. The summed E-state index contributed by atoms with van der Waals surface area (Å²) in [4.78, 5) is 24.8. The Morgan fingerprint density at radius 3 is 2.31 bits per heavy atom. The highest BCUT2D eigenvalue weighted by Gasteiger charge is 2.29. The quantitative estimate of drug-likeness (QED) is 0.742. The molecule has 1 saturated carbocycles. The number of nitrogens with one attached hydrogen (secondary N) is 2. The Bertz CT molecular complexity index is 830. The van der Waals surface area contributed by atoms with E-state index in [9.17, 15) is 14.0 Å². The van der Waals surface area contributed by atoms with Gasteiger partial charge in [-0.05, 0) is 74.1 Å². The number of rotatable bonds is 7. The van der Waals surface area contributed by atoms with Gasteiger partial charge in [0, 0.05) is 24.1 Å². The van der Waals surface area contributed by atoms with Gasteiger partial charge in [-0.15, -0.1) is 0 Å². The zero-order valence-corrected chi connectivity index (χ0v) is 16.6. The molecule has 1 aliphatic rings. The van der Waals surface area contributed by atoms with E-state index in [0.29, 0.717) is 37.9 Å². The summed E-state index contributed by atoms with van der Waals surface area (Å²) in [7, 11) is 1.64. The van der Waals surface area contributed by atoms with Crippen molar-refractivity contribution in [3.63, 3.8) is 0 Å². The molecule has 0 aliphatic heterocycles. The number of benzene rings is 2. The Hall–Kier alpha value is -2.89. The molecule has 0 saturated heterocycles. The molecular formula is C23H27FN2O3. The lowest BCUT2D eigenvalue weighted by Crippen LogP contribution is -2.36. The Balaban J connectivity index is 1.39. The highest BCUT2D eigenvalue weighted by atomic mass is 19.1. The number of carbonyl (C=O) groups excluding carboxylic acids is 2. The van der Waals surface area contributed by atoms with Gasteiger partial charge in [0.25, 0.3) is 0 Å². The van der Waals surface area contributed by atoms with E-state index < -0.39 is 0 Å². The minimum atomic E-state index is -0.332. The van der Waals surface area contributed by atoms with Crippen molar-refractivity contribution >= 4 is 17.5 Å². The third kappa shape index (κ3) is 6.04. The molecule has 2 N–H and O–H groups in total. The number of halogens is 1. The average Bonchev–Trinajstić information content (AvgIpc) is 2.75. The standard InChI is InChI=1S/C23H27FN2O3/c1-29-21-4-2-3-16(15-21)13-14-25-22(27)17-5-7-18(8-6-17)23(28)26-20-11-9-19(24)10-12-20/h2-4,9-12,15,17-18H,5-8,13-14H2,1H3,(H,25,27)(H,26,28). The Kier molecular flexibility index (Phi) is 7.22. The number of anilines is 1. The third-order valence-electron chi connectivity index (χ3n) is 5.43. The predicted octanol–water partition coefficient (Wildman–Crippen LogP) is 3.94. The molecule has 0 aromatic heterocycles. The molecule has 2 aromatic carbocycles. The van der Waals surface area contributed by atoms with Crippen molar-refractivity contribution in [1.29, 1.82) is 0 Å². The van der Waals surface area contributed by atoms with Gasteiger partial charge in [-0.2, -0.15) is 0 Å². The van der Waals surface area contributed by atoms with Gasteiger partial charge in [0.05, 0.1) is 7.11 Å². The first-order valence-electron chi connectivity index (χ1n) is 10.0. The fourth-order valence-corrected chi connectivity index (χ4v) is 3.70. The minimum Gasteiger partial charge on any atom is -0.497 e. The van der Waals surface area contributed by atoms with E-state index >= 15 is 0 Å². The molecule has 3 rings (SSSR count). The zero-order valence-electron chi connectivity index (χ0n) is 16.6. The van der Waals surface area contributed by atoms with Gasteiger partial charge in [0.15, 0.2) is 0 Å². The van der Waals surface area contributed by atoms with Crippen molar-refractivity contribution in [1.82, 2.24) is 5.32 Å². The largest absolute Gasteiger partial charge is 0.497 e. The highest BCUT2D eigenvalue weighted by Crippen LogP contribution is 2.30. The van der Waals surface area contributed by atoms with Gasteiger partial charge in [0.2, 0.25) is 11.8 Å². The lowest BCUT2D eigenvalue weighted by molar-refractivity contribution is -0.128. The van der Waals surface area contributed by atoms with Gasteiger partial charge in [0.1, 0.15) is 11.6 Å². The lowest BCUT2D eigenvalue weighted by Gasteiger charge is -2.27. The van der Waals surface area contributed by atoms with Crippen LogP contribution in [0.5, 0.6) is 5.75 Å². The molecule has 0 heterocycles. The second-order valence-electron chi connectivity index (χ2n) is 7.44. The summed E-state index contributed by atoms with van der Waals surface area (Å²) in [6.45, 7) is 0.580. The molecule has 6 heteroatoms. The molecular weight excluding hydrogens is 371 g/mol. The van der Waals surface area contributed by atoms with Crippen molar-refractivity contribution < 1.29 is 18.7 Å². The Labute approximate surface area is 170 Å². The van der Waals surface area contributed by atoms with E-state index in [-0.39, 0.29) is 29.5 Å². The molecule has 0 spiro atoms. The molecule has 1 aliphatic carbocycles. The van der Waals surface area contributed by atoms with Gasteiger partial charge in [-0.1, -0.05) is 12.1 Å². The molecule has 0 radical (unpaired) electrons. The van der Waals surface area contributed by atoms with Gasteiger partial charge in [-0.3, -0.25) is 9.59 Å². The summed E-state index contributed by atoms with van der Waals surface area (Å²) in [5.74, 6) is 0.321. The summed E-state index contributed by atoms with van der Waals surface area (Å²) in [5, 5.41) is 5.84. The minimum absolute atomic E-state index is 0.0461. The summed E-state index contributed by atoms with van der Waals surface area (Å²) in [6.07, 6.45) is 3.51. The van der Waals surface area contributed by atoms with Crippen LogP contribution in [-0.4, -0.2) is 25.5 Å². The monoisotopic (exact) mass is 398 g/mol. The Morgan fingerprint density at radius 1 is 1.00 bits per heavy atom. The van der Waals surface area contributed by atoms with Crippen molar-refractivity contribution in [2.24, 2.45) is 11.8 Å². The molecule has 154 valence electrons. The third-order valence-corrected chi connectivity index (χ3v) is 5.43. The van der Waals surface area contributed by atoms with E-state index in [2.05, 4.69) is 10.6 Å². The first kappa shape index (κ1) is 20.8. The molecule has 1 fully saturated rings. The molecule has 0 unspecified atom stereocenters. The first-order valence-corrected chi connectivity index (χ1v) is 10.0. The van der Waals surface area contributed by atoms with Crippen molar-refractivity contribution in [2.75, 3.05) is 19.0 Å². The SMILES string of the molecule is COc1cccc(CCNC(=O)C2CCC(C(=O)Nc3ccc(F)cc3)CC2)c1. The van der Waals surface area contributed by atoms with E-state index in [1.807, 2.05) is 24.3 Å². The molecule has 0 atom stereocenters. The van der Waals surface area contributed by atoms with Gasteiger partial charge < -0.3 is 15.4 Å². The van der Waals surface area contributed by atoms with E-state index in [0.717, 1.165) is 17.7 Å². The van der Waals surface area contributed by atoms with Gasteiger partial charge >= 0.3 is 0 Å². The van der Waals surface area contributed by atoms with Crippen LogP contribution in [0.4, 0.5) is 10.1 Å². The van der Waals surface area contributed by atoms with Crippen LogP contribution in [0.15, 0.2) is 48.5 Å². The Morgan fingerprint density at radius 2 is 1.66 bits per heavy atom. The van der Waals surface area contributed by atoms with Crippen LogP contribution in [0.2, 0.25) is 0 Å². The first-order chi connectivity index (χ1) is 14.0. The van der Waals surface area contributed by atoms with Crippen LogP contribution in [0, 0.1) is 17.7 Å². The molecule has 29 heavy (non-hydrogen) atoms. The van der Waals surface area contributed by atoms with Crippen LogP contribution in [-0.2, 0) is 16.0 Å². The second kappa shape index (κ2) is 10.0. The number of hydrogen-bond acceptors (Lipinski definition) is 3. The number of hydrogen-bond donors (Lipinski definition) is 2. The second-order valence-corrected chi connectivity index (χ2v) is 7.44. The fourth-order valence-electron chi connectivity index (χ4n) is 3.70. The maximum Gasteiger partial charge on any atom is 0.227 e. The fraction of sp³-hybridized carbons (Fsp3) is 0.391. The maximum atomic E-state index is 13.0. The van der Waals surface area contributed by atoms with Gasteiger partial charge in [-0.25, -0.2) is 4.39 Å². The number of ether oxygens (including phenoxy) is 1. The lowest BCUT2D eigenvalue weighted by atomic mass is 9.81. The molecule has 0 bridgehead atoms. The maximum absolute atomic E-state index is 13.0. The van der Waals surface area contributed by atoms with Crippen LogP contribution < -0.4 is 15.4 Å². The van der Waals surface area contributed by atoms with E-state index in [4.69, 9.17) is 4.74 Å². The zero-order chi connectivity index (χ0) is 20.6. The predicted molar refractivity (Wildman–Crippen MR) is 110 cm³/mol. The number of carbonyl (C=O) groups is 2. The van der Waals surface area contributed by atoms with Crippen LogP contribution in [0.3, 0.4) is 0 Å². The summed E-state index contributed by atoms with van der Waals surface area (Å²) >= 11 is 0. The normalized spacial score (nSPS) is 18.7. The molecule has 2 aromatic rings.